The van der Waals surface area contributed by atoms with Crippen molar-refractivity contribution in [3.8, 4) is 0 Å². The van der Waals surface area contributed by atoms with E-state index in [0.717, 1.165) is 23.8 Å². The molecule has 0 radical (unpaired) electrons. The second-order valence-corrected chi connectivity index (χ2v) is 5.52. The van der Waals surface area contributed by atoms with Crippen LogP contribution in [0.4, 0.5) is 11.4 Å². The number of nitrogens with one attached hydrogen (secondary N) is 1. The van der Waals surface area contributed by atoms with Gasteiger partial charge in [-0.25, -0.2) is 4.63 Å². The van der Waals surface area contributed by atoms with Gasteiger partial charge in [0.25, 0.3) is 0 Å². The van der Waals surface area contributed by atoms with Gasteiger partial charge in [0.2, 0.25) is 0 Å². The van der Waals surface area contributed by atoms with Gasteiger partial charge in [-0.1, -0.05) is 0 Å². The minimum Gasteiger partial charge on any atom is -0.397 e. The SMILES string of the molecule is Nc1ccc(NC2CCN(C3CC3)C2)c2nonc12. The van der Waals surface area contributed by atoms with Crippen LogP contribution in [0.2, 0.25) is 0 Å². The van der Waals surface area contributed by atoms with Crippen LogP contribution in [0.1, 0.15) is 19.3 Å². The maximum absolute atomic E-state index is 5.85. The summed E-state index contributed by atoms with van der Waals surface area (Å²) in [4.78, 5) is 2.58. The molecule has 0 amide bonds. The Morgan fingerprint density at radius 2 is 2.05 bits per heavy atom. The van der Waals surface area contributed by atoms with Crippen molar-refractivity contribution in [1.82, 2.24) is 15.2 Å². The number of nitrogens with zero attached hydrogens (tertiary/aromatic N) is 3. The fraction of sp³-hybridized carbons (Fsp3) is 0.538. The first kappa shape index (κ1) is 11.0. The van der Waals surface area contributed by atoms with Crippen LogP contribution in [0.5, 0.6) is 0 Å². The van der Waals surface area contributed by atoms with Gasteiger partial charge < -0.3 is 11.1 Å². The number of nitrogen functional groups attached to an aromatic ring is 1. The van der Waals surface area contributed by atoms with Crippen molar-refractivity contribution >= 4 is 22.4 Å². The maximum Gasteiger partial charge on any atom is 0.160 e. The van der Waals surface area contributed by atoms with Gasteiger partial charge >= 0.3 is 0 Å². The quantitative estimate of drug-likeness (QED) is 0.812. The highest BCUT2D eigenvalue weighted by atomic mass is 16.6. The van der Waals surface area contributed by atoms with E-state index in [-0.39, 0.29) is 0 Å². The molecule has 1 saturated carbocycles. The van der Waals surface area contributed by atoms with Crippen molar-refractivity contribution < 1.29 is 4.63 Å². The summed E-state index contributed by atoms with van der Waals surface area (Å²) in [6.07, 6.45) is 3.91. The molecule has 1 aliphatic carbocycles. The Morgan fingerprint density at radius 3 is 2.89 bits per heavy atom. The highest BCUT2D eigenvalue weighted by Gasteiger charge is 2.34. The second-order valence-electron chi connectivity index (χ2n) is 5.52. The van der Waals surface area contributed by atoms with Gasteiger partial charge in [0.15, 0.2) is 11.0 Å². The van der Waals surface area contributed by atoms with Crippen LogP contribution in [0.25, 0.3) is 11.0 Å². The van der Waals surface area contributed by atoms with Gasteiger partial charge in [0.05, 0.1) is 11.4 Å². The first-order valence-electron chi connectivity index (χ1n) is 6.82. The molecule has 2 fully saturated rings. The molecule has 0 bridgehead atoms. The summed E-state index contributed by atoms with van der Waals surface area (Å²) < 4.78 is 4.79. The first-order chi connectivity index (χ1) is 9.31. The highest BCUT2D eigenvalue weighted by molar-refractivity contribution is 5.95. The van der Waals surface area contributed by atoms with Crippen LogP contribution in [0, 0.1) is 0 Å². The average Bonchev–Trinajstić information content (AvgIpc) is 2.96. The van der Waals surface area contributed by atoms with Gasteiger partial charge in [0.1, 0.15) is 0 Å². The van der Waals surface area contributed by atoms with E-state index in [0.29, 0.717) is 17.2 Å². The Balaban J connectivity index is 1.55. The summed E-state index contributed by atoms with van der Waals surface area (Å²) in [5.41, 5.74) is 8.79. The summed E-state index contributed by atoms with van der Waals surface area (Å²) in [5.74, 6) is 0. The third-order valence-electron chi connectivity index (χ3n) is 4.09. The van der Waals surface area contributed by atoms with Crippen molar-refractivity contribution in [1.29, 1.82) is 0 Å². The van der Waals surface area contributed by atoms with Crippen molar-refractivity contribution in [2.75, 3.05) is 24.1 Å². The van der Waals surface area contributed by atoms with Gasteiger partial charge in [-0.3, -0.25) is 4.90 Å². The normalized spacial score (nSPS) is 24.1. The molecule has 1 aliphatic heterocycles. The fourth-order valence-corrected chi connectivity index (χ4v) is 2.90. The Kier molecular flexibility index (Phi) is 2.38. The van der Waals surface area contributed by atoms with E-state index in [9.17, 15) is 0 Å². The van der Waals surface area contributed by atoms with E-state index in [1.807, 2.05) is 12.1 Å². The maximum atomic E-state index is 5.85. The third kappa shape index (κ3) is 1.92. The average molecular weight is 259 g/mol. The molecule has 19 heavy (non-hydrogen) atoms. The minimum atomic E-state index is 0.476. The number of likely N-dealkylation sites (tertiary alicyclic amines) is 1. The first-order valence-corrected chi connectivity index (χ1v) is 6.82. The van der Waals surface area contributed by atoms with Crippen LogP contribution in [0.3, 0.4) is 0 Å². The Bertz CT molecular complexity index is 606. The standard InChI is InChI=1S/C13H17N5O/c14-10-3-4-11(13-12(10)16-19-17-13)15-8-5-6-18(7-8)9-1-2-9/h3-4,8-9,15H,1-2,5-7,14H2. The van der Waals surface area contributed by atoms with E-state index in [4.69, 9.17) is 10.4 Å². The predicted octanol–water partition coefficient (Wildman–Crippen LogP) is 1.45. The number of benzene rings is 1. The predicted molar refractivity (Wildman–Crippen MR) is 72.8 cm³/mol. The Morgan fingerprint density at radius 1 is 1.21 bits per heavy atom. The zero-order valence-corrected chi connectivity index (χ0v) is 10.7. The third-order valence-corrected chi connectivity index (χ3v) is 4.09. The molecule has 6 heteroatoms. The smallest absolute Gasteiger partial charge is 0.160 e. The summed E-state index contributed by atoms with van der Waals surface area (Å²) in [6, 6.07) is 5.13. The number of rotatable bonds is 3. The lowest BCUT2D eigenvalue weighted by molar-refractivity contribution is 0.315. The summed E-state index contributed by atoms with van der Waals surface area (Å²) in [5, 5.41) is 11.3. The molecular weight excluding hydrogens is 242 g/mol. The van der Waals surface area contributed by atoms with E-state index in [1.165, 1.54) is 25.8 Å². The Hall–Kier alpha value is -1.82. The lowest BCUT2D eigenvalue weighted by atomic mass is 10.2. The second kappa shape index (κ2) is 4.09. The molecule has 0 spiro atoms. The van der Waals surface area contributed by atoms with Crippen molar-refractivity contribution in [3.05, 3.63) is 12.1 Å². The molecule has 4 rings (SSSR count). The molecule has 3 N–H and O–H groups in total. The number of anilines is 2. The topological polar surface area (TPSA) is 80.2 Å². The molecular formula is C13H17N5O. The zero-order valence-electron chi connectivity index (χ0n) is 10.7. The highest BCUT2D eigenvalue weighted by Crippen LogP contribution is 2.32. The van der Waals surface area contributed by atoms with Crippen molar-refractivity contribution in [3.63, 3.8) is 0 Å². The van der Waals surface area contributed by atoms with Gasteiger partial charge in [-0.15, -0.1) is 0 Å². The van der Waals surface area contributed by atoms with Crippen LogP contribution in [0.15, 0.2) is 16.8 Å². The molecule has 1 aromatic carbocycles. The molecule has 2 aliphatic rings. The van der Waals surface area contributed by atoms with Crippen LogP contribution in [-0.2, 0) is 0 Å². The van der Waals surface area contributed by atoms with Gasteiger partial charge in [-0.05, 0) is 41.7 Å². The molecule has 1 saturated heterocycles. The van der Waals surface area contributed by atoms with E-state index in [2.05, 4.69) is 20.5 Å². The van der Waals surface area contributed by atoms with Crippen LogP contribution in [-0.4, -0.2) is 40.4 Å². The van der Waals surface area contributed by atoms with Gasteiger partial charge in [0, 0.05) is 25.2 Å². The monoisotopic (exact) mass is 259 g/mol. The minimum absolute atomic E-state index is 0.476. The van der Waals surface area contributed by atoms with E-state index >= 15 is 0 Å². The largest absolute Gasteiger partial charge is 0.397 e. The van der Waals surface area contributed by atoms with E-state index < -0.39 is 0 Å². The molecule has 2 heterocycles. The lowest BCUT2D eigenvalue weighted by Crippen LogP contribution is -2.27. The number of aromatic nitrogens is 2. The van der Waals surface area contributed by atoms with Crippen molar-refractivity contribution in [2.45, 2.75) is 31.3 Å². The summed E-state index contributed by atoms with van der Waals surface area (Å²) >= 11 is 0. The number of nitrogens with two attached hydrogens (primary N) is 1. The molecule has 1 aromatic heterocycles. The zero-order chi connectivity index (χ0) is 12.8. The van der Waals surface area contributed by atoms with Gasteiger partial charge in [-0.2, -0.15) is 0 Å². The lowest BCUT2D eigenvalue weighted by Gasteiger charge is -2.16. The molecule has 1 atom stereocenters. The van der Waals surface area contributed by atoms with Crippen LogP contribution >= 0.6 is 0 Å². The summed E-state index contributed by atoms with van der Waals surface area (Å²) in [7, 11) is 0. The number of hydrogen-bond donors (Lipinski definition) is 2. The summed E-state index contributed by atoms with van der Waals surface area (Å²) in [6.45, 7) is 2.30. The molecule has 6 nitrogen and oxygen atoms in total. The van der Waals surface area contributed by atoms with Crippen molar-refractivity contribution in [2.24, 2.45) is 0 Å². The Labute approximate surface area is 110 Å². The molecule has 100 valence electrons. The van der Waals surface area contributed by atoms with E-state index in [1.54, 1.807) is 0 Å². The number of hydrogen-bond acceptors (Lipinski definition) is 6. The van der Waals surface area contributed by atoms with Crippen LogP contribution < -0.4 is 11.1 Å². The fourth-order valence-electron chi connectivity index (χ4n) is 2.90. The number of fused-ring (bicyclic) bond motifs is 1. The molecule has 1 unspecified atom stereocenters. The molecule has 2 aromatic rings.